The molecule has 0 radical (unpaired) electrons. The van der Waals surface area contributed by atoms with Crippen LogP contribution in [0, 0.1) is 4.77 Å². The zero-order valence-electron chi connectivity index (χ0n) is 9.95. The number of hydrogen-bond donors (Lipinski definition) is 3. The second-order valence-corrected chi connectivity index (χ2v) is 4.85. The molecule has 1 aliphatic carbocycles. The fourth-order valence-corrected chi connectivity index (χ4v) is 1.97. The van der Waals surface area contributed by atoms with Crippen LogP contribution in [-0.2, 0) is 0 Å². The van der Waals surface area contributed by atoms with Crippen molar-refractivity contribution < 1.29 is 10.2 Å². The van der Waals surface area contributed by atoms with E-state index in [0.29, 0.717) is 16.3 Å². The largest absolute Gasteiger partial charge is 0.508 e. The van der Waals surface area contributed by atoms with E-state index in [1.165, 1.54) is 18.3 Å². The summed E-state index contributed by atoms with van der Waals surface area (Å²) in [7, 11) is 0. The Morgan fingerprint density at radius 2 is 2.21 bits per heavy atom. The first-order valence-electron chi connectivity index (χ1n) is 5.89. The van der Waals surface area contributed by atoms with E-state index in [9.17, 15) is 10.2 Å². The first-order valence-corrected chi connectivity index (χ1v) is 6.29. The Hall–Kier alpha value is -2.15. The lowest BCUT2D eigenvalue weighted by Crippen LogP contribution is -1.97. The zero-order valence-corrected chi connectivity index (χ0v) is 10.8. The van der Waals surface area contributed by atoms with Gasteiger partial charge in [0, 0.05) is 17.5 Å². The van der Waals surface area contributed by atoms with Gasteiger partial charge in [-0.1, -0.05) is 0 Å². The molecule has 1 aliphatic rings. The Kier molecular flexibility index (Phi) is 2.83. The molecule has 6 nitrogen and oxygen atoms in total. The third-order valence-corrected chi connectivity index (χ3v) is 3.21. The molecule has 0 spiro atoms. The molecule has 0 aliphatic heterocycles. The van der Waals surface area contributed by atoms with E-state index in [4.69, 9.17) is 12.2 Å². The number of hydrogen-bond acceptors (Lipinski definition) is 5. The van der Waals surface area contributed by atoms with E-state index >= 15 is 0 Å². The van der Waals surface area contributed by atoms with Crippen LogP contribution in [-0.4, -0.2) is 31.3 Å². The van der Waals surface area contributed by atoms with E-state index in [0.717, 1.165) is 18.7 Å². The zero-order chi connectivity index (χ0) is 13.4. The van der Waals surface area contributed by atoms with Crippen LogP contribution in [0.15, 0.2) is 23.3 Å². The van der Waals surface area contributed by atoms with Gasteiger partial charge in [-0.25, -0.2) is 0 Å². The van der Waals surface area contributed by atoms with Crippen LogP contribution in [0.3, 0.4) is 0 Å². The van der Waals surface area contributed by atoms with Gasteiger partial charge in [0.2, 0.25) is 4.77 Å². The Morgan fingerprint density at radius 3 is 2.89 bits per heavy atom. The summed E-state index contributed by atoms with van der Waals surface area (Å²) in [6.07, 6.45) is 3.69. The van der Waals surface area contributed by atoms with Crippen LogP contribution in [0.4, 0.5) is 0 Å². The van der Waals surface area contributed by atoms with Crippen molar-refractivity contribution in [3.63, 3.8) is 0 Å². The number of H-pyrrole nitrogens is 1. The average Bonchev–Trinajstić information content (AvgIpc) is 3.14. The molecule has 0 atom stereocenters. The number of rotatable bonds is 3. The van der Waals surface area contributed by atoms with Crippen molar-refractivity contribution >= 4 is 18.4 Å². The van der Waals surface area contributed by atoms with Gasteiger partial charge in [0.1, 0.15) is 11.5 Å². The van der Waals surface area contributed by atoms with Gasteiger partial charge < -0.3 is 10.2 Å². The summed E-state index contributed by atoms with van der Waals surface area (Å²) in [5.41, 5.74) is 0.502. The van der Waals surface area contributed by atoms with Crippen molar-refractivity contribution in [3.8, 4) is 11.5 Å². The standard InChI is InChI=1S/C12H12N4O2S/c17-9-4-3-8(10(18)5-9)6-13-16-11(7-1-2-7)14-15-12(16)19/h3-7,17-18H,1-2H2,(H,15,19)/b13-6+. The van der Waals surface area contributed by atoms with Gasteiger partial charge in [0.25, 0.3) is 0 Å². The molecule has 0 saturated heterocycles. The van der Waals surface area contributed by atoms with Crippen LogP contribution in [0.2, 0.25) is 0 Å². The van der Waals surface area contributed by atoms with E-state index in [-0.39, 0.29) is 11.5 Å². The van der Waals surface area contributed by atoms with E-state index in [1.807, 2.05) is 0 Å². The smallest absolute Gasteiger partial charge is 0.216 e. The number of nitrogens with zero attached hydrogens (tertiary/aromatic N) is 3. The molecule has 1 saturated carbocycles. The topological polar surface area (TPSA) is 86.4 Å². The molecule has 1 fully saturated rings. The van der Waals surface area contributed by atoms with Gasteiger partial charge in [-0.2, -0.15) is 14.9 Å². The van der Waals surface area contributed by atoms with Crippen molar-refractivity contribution in [1.82, 2.24) is 14.9 Å². The molecule has 1 aromatic carbocycles. The molecule has 0 bridgehead atoms. The summed E-state index contributed by atoms with van der Waals surface area (Å²) in [5.74, 6) is 1.21. The van der Waals surface area contributed by atoms with Crippen molar-refractivity contribution in [3.05, 3.63) is 34.4 Å². The maximum atomic E-state index is 9.67. The first-order chi connectivity index (χ1) is 9.15. The maximum absolute atomic E-state index is 9.67. The van der Waals surface area contributed by atoms with Gasteiger partial charge in [-0.3, -0.25) is 5.10 Å². The van der Waals surface area contributed by atoms with E-state index in [2.05, 4.69) is 15.3 Å². The molecule has 98 valence electrons. The summed E-state index contributed by atoms with van der Waals surface area (Å²) in [6, 6.07) is 4.32. The van der Waals surface area contributed by atoms with Crippen LogP contribution in [0.5, 0.6) is 11.5 Å². The van der Waals surface area contributed by atoms with Gasteiger partial charge in [0.15, 0.2) is 5.82 Å². The number of benzene rings is 1. The second-order valence-electron chi connectivity index (χ2n) is 4.46. The Bertz CT molecular complexity index is 700. The Labute approximate surface area is 114 Å². The molecule has 1 aromatic heterocycles. The van der Waals surface area contributed by atoms with Crippen LogP contribution in [0.1, 0.15) is 30.1 Å². The molecule has 2 aromatic rings. The number of aromatic nitrogens is 3. The lowest BCUT2D eigenvalue weighted by molar-refractivity contribution is 0.450. The quantitative estimate of drug-likeness (QED) is 0.592. The second kappa shape index (κ2) is 4.51. The maximum Gasteiger partial charge on any atom is 0.216 e. The number of nitrogens with one attached hydrogen (secondary N) is 1. The molecule has 0 amide bonds. The number of phenolic OH excluding ortho intramolecular Hbond substituents is 2. The SMILES string of the molecule is Oc1ccc(/C=N/n2c(C3CC3)n[nH]c2=S)c(O)c1. The normalized spacial score (nSPS) is 15.2. The molecule has 19 heavy (non-hydrogen) atoms. The number of aromatic amines is 1. The van der Waals surface area contributed by atoms with E-state index < -0.39 is 0 Å². The van der Waals surface area contributed by atoms with Crippen LogP contribution >= 0.6 is 12.2 Å². The lowest BCUT2D eigenvalue weighted by atomic mass is 10.2. The molecule has 7 heteroatoms. The molecular weight excluding hydrogens is 264 g/mol. The van der Waals surface area contributed by atoms with Crippen molar-refractivity contribution in [2.24, 2.45) is 5.10 Å². The molecule has 3 N–H and O–H groups in total. The molecule has 1 heterocycles. The van der Waals surface area contributed by atoms with Crippen LogP contribution < -0.4 is 0 Å². The fraction of sp³-hybridized carbons (Fsp3) is 0.250. The highest BCUT2D eigenvalue weighted by molar-refractivity contribution is 7.71. The minimum absolute atomic E-state index is 0.00763. The van der Waals surface area contributed by atoms with Gasteiger partial charge in [-0.05, 0) is 37.2 Å². The molecular formula is C12H12N4O2S. The van der Waals surface area contributed by atoms with Crippen LogP contribution in [0.25, 0.3) is 0 Å². The number of aromatic hydroxyl groups is 2. The highest BCUT2D eigenvalue weighted by Gasteiger charge is 2.29. The first kappa shape index (κ1) is 11.9. The molecule has 3 rings (SSSR count). The Balaban J connectivity index is 1.94. The Morgan fingerprint density at radius 1 is 1.42 bits per heavy atom. The predicted octanol–water partition coefficient (Wildman–Crippen LogP) is 2.11. The molecule has 0 unspecified atom stereocenters. The highest BCUT2D eigenvalue weighted by atomic mass is 32.1. The van der Waals surface area contributed by atoms with E-state index in [1.54, 1.807) is 10.7 Å². The summed E-state index contributed by atoms with van der Waals surface area (Å²) in [4.78, 5) is 0. The summed E-state index contributed by atoms with van der Waals surface area (Å²) in [5, 5.41) is 30.0. The third-order valence-electron chi connectivity index (χ3n) is 2.94. The third kappa shape index (κ3) is 2.37. The van der Waals surface area contributed by atoms with Crippen molar-refractivity contribution in [2.75, 3.05) is 0 Å². The van der Waals surface area contributed by atoms with Gasteiger partial charge >= 0.3 is 0 Å². The summed E-state index contributed by atoms with van der Waals surface area (Å²) < 4.78 is 2.00. The average molecular weight is 276 g/mol. The minimum Gasteiger partial charge on any atom is -0.508 e. The van der Waals surface area contributed by atoms with Gasteiger partial charge in [0.05, 0.1) is 6.21 Å². The predicted molar refractivity (Wildman–Crippen MR) is 72.2 cm³/mol. The van der Waals surface area contributed by atoms with Gasteiger partial charge in [-0.15, -0.1) is 0 Å². The summed E-state index contributed by atoms with van der Waals surface area (Å²) >= 11 is 5.12. The minimum atomic E-state index is -0.0354. The number of phenols is 2. The fourth-order valence-electron chi connectivity index (χ4n) is 1.78. The monoisotopic (exact) mass is 276 g/mol. The lowest BCUT2D eigenvalue weighted by Gasteiger charge is -2.00. The summed E-state index contributed by atoms with van der Waals surface area (Å²) in [6.45, 7) is 0. The van der Waals surface area contributed by atoms with Crippen molar-refractivity contribution in [2.45, 2.75) is 18.8 Å². The highest BCUT2D eigenvalue weighted by Crippen LogP contribution is 2.38. The van der Waals surface area contributed by atoms with Crippen molar-refractivity contribution in [1.29, 1.82) is 0 Å².